The molecular formula is C14H16N4O2. The van der Waals surface area contributed by atoms with E-state index in [2.05, 4.69) is 20.8 Å². The lowest BCUT2D eigenvalue weighted by molar-refractivity contribution is 0.0921. The van der Waals surface area contributed by atoms with Crippen molar-refractivity contribution in [2.75, 3.05) is 13.1 Å². The zero-order valence-electron chi connectivity index (χ0n) is 11.0. The fraction of sp³-hybridized carbons (Fsp3) is 0.357. The Morgan fingerprint density at radius 2 is 2.25 bits per heavy atom. The SMILES string of the molecule is O=C(N[C@H]1CCCNC1)c1cc(-c2ccncc2)on1. The Morgan fingerprint density at radius 3 is 3.00 bits per heavy atom. The lowest BCUT2D eigenvalue weighted by Crippen LogP contribution is -2.45. The predicted octanol–water partition coefficient (Wildman–Crippen LogP) is 1.22. The minimum atomic E-state index is -0.192. The van der Waals surface area contributed by atoms with Gasteiger partial charge in [0.2, 0.25) is 0 Å². The monoisotopic (exact) mass is 272 g/mol. The van der Waals surface area contributed by atoms with Crippen LogP contribution in [0.4, 0.5) is 0 Å². The van der Waals surface area contributed by atoms with E-state index in [1.54, 1.807) is 18.5 Å². The molecule has 6 nitrogen and oxygen atoms in total. The quantitative estimate of drug-likeness (QED) is 0.878. The molecule has 0 unspecified atom stereocenters. The summed E-state index contributed by atoms with van der Waals surface area (Å²) < 4.78 is 5.21. The van der Waals surface area contributed by atoms with E-state index >= 15 is 0 Å². The first kappa shape index (κ1) is 12.8. The highest BCUT2D eigenvalue weighted by atomic mass is 16.5. The summed E-state index contributed by atoms with van der Waals surface area (Å²) in [5, 5.41) is 10.1. The molecule has 3 heterocycles. The Labute approximate surface area is 116 Å². The van der Waals surface area contributed by atoms with Gasteiger partial charge >= 0.3 is 0 Å². The summed E-state index contributed by atoms with van der Waals surface area (Å²) in [5.74, 6) is 0.377. The van der Waals surface area contributed by atoms with Crippen molar-refractivity contribution in [1.29, 1.82) is 0 Å². The lowest BCUT2D eigenvalue weighted by atomic mass is 10.1. The lowest BCUT2D eigenvalue weighted by Gasteiger charge is -2.23. The van der Waals surface area contributed by atoms with Crippen molar-refractivity contribution in [2.24, 2.45) is 0 Å². The third kappa shape index (κ3) is 2.85. The number of hydrogen-bond acceptors (Lipinski definition) is 5. The number of nitrogens with one attached hydrogen (secondary N) is 2. The first-order valence-corrected chi connectivity index (χ1v) is 6.71. The van der Waals surface area contributed by atoms with E-state index in [1.807, 2.05) is 12.1 Å². The van der Waals surface area contributed by atoms with E-state index in [4.69, 9.17) is 4.52 Å². The smallest absolute Gasteiger partial charge is 0.273 e. The third-order valence-corrected chi connectivity index (χ3v) is 3.34. The van der Waals surface area contributed by atoms with Gasteiger partial charge in [-0.1, -0.05) is 5.16 Å². The van der Waals surface area contributed by atoms with Gasteiger partial charge in [0.1, 0.15) is 0 Å². The van der Waals surface area contributed by atoms with Crippen molar-refractivity contribution in [3.05, 3.63) is 36.3 Å². The summed E-state index contributed by atoms with van der Waals surface area (Å²) in [5.41, 5.74) is 1.16. The molecule has 1 fully saturated rings. The van der Waals surface area contributed by atoms with E-state index in [1.165, 1.54) is 0 Å². The van der Waals surface area contributed by atoms with Crippen molar-refractivity contribution in [1.82, 2.24) is 20.8 Å². The molecule has 104 valence electrons. The van der Waals surface area contributed by atoms with Crippen LogP contribution in [0.5, 0.6) is 0 Å². The molecule has 1 saturated heterocycles. The van der Waals surface area contributed by atoms with E-state index in [9.17, 15) is 4.79 Å². The van der Waals surface area contributed by atoms with Crippen LogP contribution in [-0.4, -0.2) is 35.2 Å². The topological polar surface area (TPSA) is 80.0 Å². The largest absolute Gasteiger partial charge is 0.355 e. The molecule has 0 radical (unpaired) electrons. The number of piperidine rings is 1. The predicted molar refractivity (Wildman–Crippen MR) is 73.1 cm³/mol. The molecule has 2 N–H and O–H groups in total. The highest BCUT2D eigenvalue weighted by molar-refractivity contribution is 5.93. The second-order valence-electron chi connectivity index (χ2n) is 4.83. The van der Waals surface area contributed by atoms with Gasteiger partial charge in [-0.15, -0.1) is 0 Å². The van der Waals surface area contributed by atoms with Crippen molar-refractivity contribution in [3.8, 4) is 11.3 Å². The van der Waals surface area contributed by atoms with E-state index in [-0.39, 0.29) is 11.9 Å². The molecule has 2 aromatic rings. The van der Waals surface area contributed by atoms with Gasteiger partial charge in [0, 0.05) is 36.6 Å². The minimum Gasteiger partial charge on any atom is -0.355 e. The molecule has 20 heavy (non-hydrogen) atoms. The molecule has 0 aliphatic carbocycles. The fourth-order valence-corrected chi connectivity index (χ4v) is 2.27. The average Bonchev–Trinajstić information content (AvgIpc) is 2.99. The Morgan fingerprint density at radius 1 is 1.40 bits per heavy atom. The van der Waals surface area contributed by atoms with Crippen LogP contribution in [0.15, 0.2) is 35.1 Å². The molecule has 0 aromatic carbocycles. The molecule has 2 aromatic heterocycles. The number of amides is 1. The first-order valence-electron chi connectivity index (χ1n) is 6.71. The Bertz CT molecular complexity index is 576. The van der Waals surface area contributed by atoms with Gasteiger partial charge in [0.15, 0.2) is 11.5 Å². The standard InChI is InChI=1S/C14H16N4O2/c19-14(17-11-2-1-5-16-9-11)12-8-13(20-18-12)10-3-6-15-7-4-10/h3-4,6-8,11,16H,1-2,5,9H2,(H,17,19)/t11-/m0/s1. The van der Waals surface area contributed by atoms with E-state index in [0.717, 1.165) is 31.5 Å². The van der Waals surface area contributed by atoms with Crippen LogP contribution in [0.2, 0.25) is 0 Å². The number of rotatable bonds is 3. The zero-order chi connectivity index (χ0) is 13.8. The van der Waals surface area contributed by atoms with Gasteiger partial charge in [-0.05, 0) is 31.5 Å². The summed E-state index contributed by atoms with van der Waals surface area (Å²) in [6.07, 6.45) is 5.41. The van der Waals surface area contributed by atoms with Crippen LogP contribution in [0, 0.1) is 0 Å². The number of hydrogen-bond donors (Lipinski definition) is 2. The Hall–Kier alpha value is -2.21. The van der Waals surface area contributed by atoms with Gasteiger partial charge in [-0.2, -0.15) is 0 Å². The normalized spacial score (nSPS) is 18.7. The molecule has 3 rings (SSSR count). The van der Waals surface area contributed by atoms with Crippen LogP contribution in [0.25, 0.3) is 11.3 Å². The molecule has 1 aliphatic rings. The second-order valence-corrected chi connectivity index (χ2v) is 4.83. The average molecular weight is 272 g/mol. The van der Waals surface area contributed by atoms with Crippen LogP contribution in [-0.2, 0) is 0 Å². The van der Waals surface area contributed by atoms with Crippen LogP contribution in [0.1, 0.15) is 23.3 Å². The van der Waals surface area contributed by atoms with E-state index < -0.39 is 0 Å². The van der Waals surface area contributed by atoms with Gasteiger partial charge in [0.05, 0.1) is 0 Å². The maximum absolute atomic E-state index is 12.1. The molecule has 0 spiro atoms. The van der Waals surface area contributed by atoms with Crippen LogP contribution >= 0.6 is 0 Å². The number of pyridine rings is 1. The van der Waals surface area contributed by atoms with Gasteiger partial charge in [0.25, 0.3) is 5.91 Å². The highest BCUT2D eigenvalue weighted by Gasteiger charge is 2.19. The summed E-state index contributed by atoms with van der Waals surface area (Å²) in [6, 6.07) is 5.44. The summed E-state index contributed by atoms with van der Waals surface area (Å²) in [6.45, 7) is 1.82. The van der Waals surface area contributed by atoms with Gasteiger partial charge < -0.3 is 15.2 Å². The minimum absolute atomic E-state index is 0.164. The van der Waals surface area contributed by atoms with Crippen molar-refractivity contribution in [2.45, 2.75) is 18.9 Å². The molecule has 6 heteroatoms. The zero-order valence-corrected chi connectivity index (χ0v) is 11.0. The van der Waals surface area contributed by atoms with Gasteiger partial charge in [-0.3, -0.25) is 9.78 Å². The van der Waals surface area contributed by atoms with Crippen molar-refractivity contribution in [3.63, 3.8) is 0 Å². The maximum atomic E-state index is 12.1. The van der Waals surface area contributed by atoms with Crippen LogP contribution in [0.3, 0.4) is 0 Å². The van der Waals surface area contributed by atoms with E-state index in [0.29, 0.717) is 11.5 Å². The molecule has 1 aliphatic heterocycles. The summed E-state index contributed by atoms with van der Waals surface area (Å²) >= 11 is 0. The summed E-state index contributed by atoms with van der Waals surface area (Å²) in [4.78, 5) is 16.0. The number of carbonyl (C=O) groups is 1. The number of carbonyl (C=O) groups excluding carboxylic acids is 1. The first-order chi connectivity index (χ1) is 9.83. The second kappa shape index (κ2) is 5.83. The van der Waals surface area contributed by atoms with Gasteiger partial charge in [-0.25, -0.2) is 0 Å². The summed E-state index contributed by atoms with van der Waals surface area (Å²) in [7, 11) is 0. The fourth-order valence-electron chi connectivity index (χ4n) is 2.27. The molecular weight excluding hydrogens is 256 g/mol. The number of aromatic nitrogens is 2. The highest BCUT2D eigenvalue weighted by Crippen LogP contribution is 2.19. The van der Waals surface area contributed by atoms with Crippen molar-refractivity contribution >= 4 is 5.91 Å². The Balaban J connectivity index is 1.68. The number of nitrogens with zero attached hydrogens (tertiary/aromatic N) is 2. The maximum Gasteiger partial charge on any atom is 0.273 e. The Kier molecular flexibility index (Phi) is 3.73. The molecule has 0 bridgehead atoms. The molecule has 1 atom stereocenters. The molecule has 0 saturated carbocycles. The van der Waals surface area contributed by atoms with Crippen molar-refractivity contribution < 1.29 is 9.32 Å². The third-order valence-electron chi connectivity index (χ3n) is 3.34. The molecule has 1 amide bonds. The van der Waals surface area contributed by atoms with Crippen LogP contribution < -0.4 is 10.6 Å².